The summed E-state index contributed by atoms with van der Waals surface area (Å²) in [5, 5.41) is 11.1. The number of benzene rings is 1. The van der Waals surface area contributed by atoms with Gasteiger partial charge in [0.25, 0.3) is 5.92 Å². The van der Waals surface area contributed by atoms with Gasteiger partial charge in [0.15, 0.2) is 0 Å². The van der Waals surface area contributed by atoms with Crippen LogP contribution in [0.1, 0.15) is 12.0 Å². The van der Waals surface area contributed by atoms with Gasteiger partial charge in [-0.3, -0.25) is 0 Å². The molecule has 8 heteroatoms. The zero-order chi connectivity index (χ0) is 16.9. The molecule has 126 valence electrons. The maximum absolute atomic E-state index is 13.9. The molecule has 2 rings (SSSR count). The number of hydrogen-bond donors (Lipinski definition) is 2. The second kappa shape index (κ2) is 7.26. The molecule has 1 aliphatic rings. The van der Waals surface area contributed by atoms with Crippen LogP contribution in [0.15, 0.2) is 30.3 Å². The van der Waals surface area contributed by atoms with Gasteiger partial charge in [-0.05, 0) is 12.0 Å². The fourth-order valence-corrected chi connectivity index (χ4v) is 2.38. The summed E-state index contributed by atoms with van der Waals surface area (Å²) in [6, 6.07) is 8.99. The van der Waals surface area contributed by atoms with Crippen molar-refractivity contribution in [2.24, 2.45) is 5.92 Å². The van der Waals surface area contributed by atoms with Crippen molar-refractivity contribution in [1.29, 1.82) is 0 Å². The number of alkyl carbamates (subject to hydrolysis) is 1. The van der Waals surface area contributed by atoms with E-state index >= 15 is 0 Å². The second-order valence-corrected chi connectivity index (χ2v) is 5.39. The first-order valence-electron chi connectivity index (χ1n) is 7.19. The lowest BCUT2D eigenvalue weighted by Gasteiger charge is -2.36. The molecule has 0 spiro atoms. The number of carbonyl (C=O) groups excluding carboxylic acids is 1. The molecule has 0 radical (unpaired) electrons. The Labute approximate surface area is 132 Å². The molecule has 1 heterocycles. The highest BCUT2D eigenvalue weighted by atomic mass is 19.3. The van der Waals surface area contributed by atoms with Crippen LogP contribution in [-0.2, 0) is 11.3 Å². The van der Waals surface area contributed by atoms with Crippen LogP contribution in [-0.4, -0.2) is 47.7 Å². The van der Waals surface area contributed by atoms with Crippen molar-refractivity contribution in [3.8, 4) is 0 Å². The molecule has 0 saturated carbocycles. The average molecular weight is 328 g/mol. The van der Waals surface area contributed by atoms with Crippen molar-refractivity contribution in [2.45, 2.75) is 19.0 Å². The molecule has 2 amide bonds. The van der Waals surface area contributed by atoms with E-state index in [1.807, 2.05) is 6.07 Å². The first kappa shape index (κ1) is 17.0. The monoisotopic (exact) mass is 328 g/mol. The second-order valence-electron chi connectivity index (χ2n) is 5.39. The standard InChI is InChI=1S/C15H18F2N2O4/c16-15(17)10-19(14(21)22)7-6-12(15)8-18-13(20)23-9-11-4-2-1-3-5-11/h1-5,12H,6-10H2,(H,18,20)(H,21,22)/t12-/m1/s1. The van der Waals surface area contributed by atoms with Crippen LogP contribution in [0.4, 0.5) is 18.4 Å². The van der Waals surface area contributed by atoms with Crippen molar-refractivity contribution in [3.05, 3.63) is 35.9 Å². The quantitative estimate of drug-likeness (QED) is 0.890. The Morgan fingerprint density at radius 2 is 2.04 bits per heavy atom. The van der Waals surface area contributed by atoms with Gasteiger partial charge in [0.1, 0.15) is 6.61 Å². The van der Waals surface area contributed by atoms with E-state index in [0.29, 0.717) is 4.90 Å². The summed E-state index contributed by atoms with van der Waals surface area (Å²) >= 11 is 0. The number of rotatable bonds is 4. The summed E-state index contributed by atoms with van der Waals surface area (Å²) in [5.41, 5.74) is 0.794. The molecule has 1 fully saturated rings. The predicted octanol–water partition coefficient (Wildman–Crippen LogP) is 2.55. The minimum absolute atomic E-state index is 0.0156. The number of nitrogens with zero attached hydrogens (tertiary/aromatic N) is 1. The van der Waals surface area contributed by atoms with E-state index in [2.05, 4.69) is 5.32 Å². The van der Waals surface area contributed by atoms with Crippen LogP contribution in [0, 0.1) is 5.92 Å². The summed E-state index contributed by atoms with van der Waals surface area (Å²) in [6.07, 6.45) is -2.15. The normalized spacial score (nSPS) is 19.9. The molecule has 1 atom stereocenters. The SMILES string of the molecule is O=C(NC[C@H]1CCN(C(=O)O)CC1(F)F)OCc1ccccc1. The van der Waals surface area contributed by atoms with Crippen LogP contribution >= 0.6 is 0 Å². The summed E-state index contributed by atoms with van der Waals surface area (Å²) in [5.74, 6) is -4.29. The molecule has 0 aliphatic carbocycles. The number of carbonyl (C=O) groups is 2. The largest absolute Gasteiger partial charge is 0.465 e. The Morgan fingerprint density at radius 1 is 1.35 bits per heavy atom. The molecule has 2 N–H and O–H groups in total. The van der Waals surface area contributed by atoms with Crippen LogP contribution < -0.4 is 5.32 Å². The van der Waals surface area contributed by atoms with Gasteiger partial charge in [-0.15, -0.1) is 0 Å². The minimum Gasteiger partial charge on any atom is -0.465 e. The van der Waals surface area contributed by atoms with Crippen LogP contribution in [0.2, 0.25) is 0 Å². The Bertz CT molecular complexity index is 554. The van der Waals surface area contributed by atoms with Crippen LogP contribution in [0.25, 0.3) is 0 Å². The van der Waals surface area contributed by atoms with E-state index in [1.54, 1.807) is 24.3 Å². The fourth-order valence-electron chi connectivity index (χ4n) is 2.38. The average Bonchev–Trinajstić information content (AvgIpc) is 2.52. The van der Waals surface area contributed by atoms with E-state index in [0.717, 1.165) is 5.56 Å². The first-order chi connectivity index (χ1) is 10.9. The number of alkyl halides is 2. The third-order valence-electron chi connectivity index (χ3n) is 3.72. The first-order valence-corrected chi connectivity index (χ1v) is 7.19. The Hall–Kier alpha value is -2.38. The van der Waals surface area contributed by atoms with Crippen molar-refractivity contribution in [3.63, 3.8) is 0 Å². The maximum Gasteiger partial charge on any atom is 0.407 e. The van der Waals surface area contributed by atoms with Crippen LogP contribution in [0.3, 0.4) is 0 Å². The summed E-state index contributed by atoms with van der Waals surface area (Å²) in [4.78, 5) is 23.0. The van der Waals surface area contributed by atoms with Crippen molar-refractivity contribution >= 4 is 12.2 Å². The van der Waals surface area contributed by atoms with E-state index in [9.17, 15) is 18.4 Å². The number of ether oxygens (including phenoxy) is 1. The molecule has 1 aliphatic heterocycles. The highest BCUT2D eigenvalue weighted by Gasteiger charge is 2.45. The smallest absolute Gasteiger partial charge is 0.407 e. The molecule has 1 aromatic rings. The van der Waals surface area contributed by atoms with Crippen LogP contribution in [0.5, 0.6) is 0 Å². The molecule has 6 nitrogen and oxygen atoms in total. The van der Waals surface area contributed by atoms with Gasteiger partial charge in [0, 0.05) is 19.0 Å². The number of nitrogens with one attached hydrogen (secondary N) is 1. The Balaban J connectivity index is 1.76. The number of piperidine rings is 1. The number of halogens is 2. The van der Waals surface area contributed by atoms with Gasteiger partial charge >= 0.3 is 12.2 Å². The fraction of sp³-hybridized carbons (Fsp3) is 0.467. The van der Waals surface area contributed by atoms with Gasteiger partial charge in [-0.2, -0.15) is 0 Å². The van der Waals surface area contributed by atoms with E-state index in [4.69, 9.17) is 9.84 Å². The molecule has 1 aromatic carbocycles. The third-order valence-corrected chi connectivity index (χ3v) is 3.72. The maximum atomic E-state index is 13.9. The summed E-state index contributed by atoms with van der Waals surface area (Å²) < 4.78 is 32.7. The molecular formula is C15H18F2N2O4. The van der Waals surface area contributed by atoms with Gasteiger partial charge in [0.2, 0.25) is 0 Å². The molecular weight excluding hydrogens is 310 g/mol. The lowest BCUT2D eigenvalue weighted by atomic mass is 9.93. The minimum atomic E-state index is -3.18. The summed E-state index contributed by atoms with van der Waals surface area (Å²) in [7, 11) is 0. The zero-order valence-electron chi connectivity index (χ0n) is 12.4. The Kier molecular flexibility index (Phi) is 5.36. The molecule has 0 bridgehead atoms. The molecule has 1 saturated heterocycles. The van der Waals surface area contributed by atoms with E-state index in [1.165, 1.54) is 0 Å². The number of hydrogen-bond acceptors (Lipinski definition) is 3. The van der Waals surface area contributed by atoms with Gasteiger partial charge in [-0.1, -0.05) is 30.3 Å². The molecule has 0 unspecified atom stereocenters. The van der Waals surface area contributed by atoms with E-state index in [-0.39, 0.29) is 26.1 Å². The van der Waals surface area contributed by atoms with Gasteiger partial charge in [-0.25, -0.2) is 18.4 Å². The topological polar surface area (TPSA) is 78.9 Å². The van der Waals surface area contributed by atoms with Gasteiger partial charge < -0.3 is 20.1 Å². The number of carboxylic acid groups (broad SMARTS) is 1. The van der Waals surface area contributed by atoms with Crippen molar-refractivity contribution in [2.75, 3.05) is 19.6 Å². The predicted molar refractivity (Wildman–Crippen MR) is 77.3 cm³/mol. The van der Waals surface area contributed by atoms with Crippen molar-refractivity contribution in [1.82, 2.24) is 10.2 Å². The zero-order valence-corrected chi connectivity index (χ0v) is 12.4. The number of amides is 2. The van der Waals surface area contributed by atoms with Gasteiger partial charge in [0.05, 0.1) is 6.54 Å². The number of likely N-dealkylation sites (tertiary alicyclic amines) is 1. The molecule has 23 heavy (non-hydrogen) atoms. The van der Waals surface area contributed by atoms with E-state index < -0.39 is 30.6 Å². The highest BCUT2D eigenvalue weighted by molar-refractivity contribution is 5.67. The third kappa shape index (κ3) is 4.80. The highest BCUT2D eigenvalue weighted by Crippen LogP contribution is 2.32. The Morgan fingerprint density at radius 3 is 2.65 bits per heavy atom. The van der Waals surface area contributed by atoms with Crippen molar-refractivity contribution < 1.29 is 28.2 Å². The molecule has 0 aromatic heterocycles. The lowest BCUT2D eigenvalue weighted by molar-refractivity contribution is -0.102. The summed E-state index contributed by atoms with van der Waals surface area (Å²) in [6.45, 7) is -1.03. The lowest BCUT2D eigenvalue weighted by Crippen LogP contribution is -2.53.